The monoisotopic (exact) mass is 201 g/mol. The molecule has 2 aromatic heterocycles. The minimum absolute atomic E-state index is 0.427. The van der Waals surface area contributed by atoms with Gasteiger partial charge >= 0.3 is 0 Å². The second-order valence-corrected chi connectivity index (χ2v) is 3.71. The lowest BCUT2D eigenvalue weighted by molar-refractivity contribution is 0.193. The standard InChI is InChI=1S/C11H11N3O/c1-4-15-7-8(1)9-5-10-11(6-14-9)13-3-2-12-10/h2-3,5-6,8H,1,4,7H2. The zero-order chi connectivity index (χ0) is 10.1. The summed E-state index contributed by atoms with van der Waals surface area (Å²) in [5.74, 6) is 0.427. The second-order valence-electron chi connectivity index (χ2n) is 3.71. The molecule has 4 heteroatoms. The van der Waals surface area contributed by atoms with Crippen LogP contribution in [0.3, 0.4) is 0 Å². The van der Waals surface area contributed by atoms with Gasteiger partial charge in [-0.25, -0.2) is 0 Å². The summed E-state index contributed by atoms with van der Waals surface area (Å²) in [7, 11) is 0. The van der Waals surface area contributed by atoms with Crippen LogP contribution in [0, 0.1) is 0 Å². The van der Waals surface area contributed by atoms with Crippen LogP contribution >= 0.6 is 0 Å². The minimum Gasteiger partial charge on any atom is -0.381 e. The molecule has 0 N–H and O–H groups in total. The number of nitrogens with zero attached hydrogens (tertiary/aromatic N) is 3. The topological polar surface area (TPSA) is 47.9 Å². The smallest absolute Gasteiger partial charge is 0.107 e. The predicted molar refractivity (Wildman–Crippen MR) is 55.5 cm³/mol. The number of fused-ring (bicyclic) bond motifs is 1. The highest BCUT2D eigenvalue weighted by molar-refractivity contribution is 5.72. The molecule has 0 aromatic carbocycles. The van der Waals surface area contributed by atoms with Gasteiger partial charge in [0.15, 0.2) is 0 Å². The maximum absolute atomic E-state index is 5.35. The van der Waals surface area contributed by atoms with Crippen LogP contribution in [-0.4, -0.2) is 28.2 Å². The van der Waals surface area contributed by atoms with E-state index in [1.807, 2.05) is 6.07 Å². The summed E-state index contributed by atoms with van der Waals surface area (Å²) in [6.45, 7) is 1.61. The number of hydrogen-bond acceptors (Lipinski definition) is 4. The summed E-state index contributed by atoms with van der Waals surface area (Å²) in [6, 6.07) is 2.02. The fraction of sp³-hybridized carbons (Fsp3) is 0.364. The van der Waals surface area contributed by atoms with Crippen molar-refractivity contribution in [2.24, 2.45) is 0 Å². The van der Waals surface area contributed by atoms with E-state index in [-0.39, 0.29) is 0 Å². The van der Waals surface area contributed by atoms with E-state index in [4.69, 9.17) is 4.74 Å². The van der Waals surface area contributed by atoms with Gasteiger partial charge in [-0.3, -0.25) is 15.0 Å². The summed E-state index contributed by atoms with van der Waals surface area (Å²) >= 11 is 0. The Morgan fingerprint density at radius 2 is 2.00 bits per heavy atom. The highest BCUT2D eigenvalue weighted by Gasteiger charge is 2.19. The van der Waals surface area contributed by atoms with E-state index in [1.54, 1.807) is 18.6 Å². The van der Waals surface area contributed by atoms with Crippen molar-refractivity contribution in [2.45, 2.75) is 12.3 Å². The Morgan fingerprint density at radius 1 is 1.13 bits per heavy atom. The van der Waals surface area contributed by atoms with Crippen LogP contribution in [0.1, 0.15) is 18.0 Å². The van der Waals surface area contributed by atoms with Gasteiger partial charge in [-0.1, -0.05) is 0 Å². The van der Waals surface area contributed by atoms with Gasteiger partial charge in [0.2, 0.25) is 0 Å². The third kappa shape index (κ3) is 1.57. The lowest BCUT2D eigenvalue weighted by Crippen LogP contribution is -2.01. The van der Waals surface area contributed by atoms with Crippen LogP contribution in [0.25, 0.3) is 11.0 Å². The largest absolute Gasteiger partial charge is 0.381 e. The zero-order valence-electron chi connectivity index (χ0n) is 8.26. The molecule has 0 aliphatic carbocycles. The highest BCUT2D eigenvalue weighted by atomic mass is 16.5. The van der Waals surface area contributed by atoms with Gasteiger partial charge in [0.25, 0.3) is 0 Å². The Kier molecular flexibility index (Phi) is 2.07. The van der Waals surface area contributed by atoms with Crippen LogP contribution in [0.2, 0.25) is 0 Å². The molecular formula is C11H11N3O. The molecule has 0 amide bonds. The highest BCUT2D eigenvalue weighted by Crippen LogP contribution is 2.24. The molecule has 0 spiro atoms. The molecule has 1 saturated heterocycles. The maximum atomic E-state index is 5.35. The van der Waals surface area contributed by atoms with Crippen molar-refractivity contribution in [3.8, 4) is 0 Å². The van der Waals surface area contributed by atoms with E-state index in [0.717, 1.165) is 36.4 Å². The summed E-state index contributed by atoms with van der Waals surface area (Å²) in [4.78, 5) is 12.9. The Morgan fingerprint density at radius 3 is 2.80 bits per heavy atom. The Labute approximate surface area is 87.3 Å². The molecule has 76 valence electrons. The van der Waals surface area contributed by atoms with E-state index >= 15 is 0 Å². The molecule has 0 saturated carbocycles. The molecule has 1 atom stereocenters. The number of aromatic nitrogens is 3. The van der Waals surface area contributed by atoms with Crippen molar-refractivity contribution < 1.29 is 4.74 Å². The van der Waals surface area contributed by atoms with Crippen molar-refractivity contribution in [3.63, 3.8) is 0 Å². The first-order chi connectivity index (χ1) is 7.43. The number of pyridine rings is 1. The van der Waals surface area contributed by atoms with E-state index < -0.39 is 0 Å². The van der Waals surface area contributed by atoms with Crippen LogP contribution in [0.15, 0.2) is 24.7 Å². The van der Waals surface area contributed by atoms with E-state index in [9.17, 15) is 0 Å². The minimum atomic E-state index is 0.427. The Hall–Kier alpha value is -1.55. The predicted octanol–water partition coefficient (Wildman–Crippen LogP) is 1.53. The van der Waals surface area contributed by atoms with Crippen LogP contribution < -0.4 is 0 Å². The third-order valence-corrected chi connectivity index (χ3v) is 2.72. The Bertz CT molecular complexity index is 480. The molecule has 4 nitrogen and oxygen atoms in total. The van der Waals surface area contributed by atoms with E-state index in [1.165, 1.54) is 0 Å². The summed E-state index contributed by atoms with van der Waals surface area (Å²) in [5.41, 5.74) is 2.83. The van der Waals surface area contributed by atoms with Gasteiger partial charge in [-0.2, -0.15) is 0 Å². The zero-order valence-corrected chi connectivity index (χ0v) is 8.26. The Balaban J connectivity index is 2.05. The van der Waals surface area contributed by atoms with E-state index in [0.29, 0.717) is 5.92 Å². The average Bonchev–Trinajstić information content (AvgIpc) is 2.82. The fourth-order valence-corrected chi connectivity index (χ4v) is 1.87. The molecule has 1 fully saturated rings. The second kappa shape index (κ2) is 3.55. The fourth-order valence-electron chi connectivity index (χ4n) is 1.87. The first kappa shape index (κ1) is 8.73. The summed E-state index contributed by atoms with van der Waals surface area (Å²) < 4.78 is 5.35. The quantitative estimate of drug-likeness (QED) is 0.702. The lowest BCUT2D eigenvalue weighted by Gasteiger charge is -2.06. The van der Waals surface area contributed by atoms with Crippen molar-refractivity contribution >= 4 is 11.0 Å². The van der Waals surface area contributed by atoms with Crippen molar-refractivity contribution in [1.82, 2.24) is 15.0 Å². The molecular weight excluding hydrogens is 190 g/mol. The molecule has 0 radical (unpaired) electrons. The first-order valence-corrected chi connectivity index (χ1v) is 5.08. The molecule has 15 heavy (non-hydrogen) atoms. The van der Waals surface area contributed by atoms with Crippen molar-refractivity contribution in [3.05, 3.63) is 30.4 Å². The van der Waals surface area contributed by atoms with Gasteiger partial charge in [0.05, 0.1) is 18.3 Å². The summed E-state index contributed by atoms with van der Waals surface area (Å²) in [5, 5.41) is 0. The number of rotatable bonds is 1. The number of ether oxygens (including phenoxy) is 1. The number of hydrogen-bond donors (Lipinski definition) is 0. The third-order valence-electron chi connectivity index (χ3n) is 2.72. The van der Waals surface area contributed by atoms with Gasteiger partial charge in [-0.05, 0) is 12.5 Å². The SMILES string of the molecule is c1cnc2cc(C3CCOC3)ncc2n1. The summed E-state index contributed by atoms with van der Waals surface area (Å²) in [6.07, 6.45) is 6.23. The molecule has 1 aliphatic heterocycles. The average molecular weight is 201 g/mol. The molecule has 1 unspecified atom stereocenters. The van der Waals surface area contributed by atoms with Crippen LogP contribution in [-0.2, 0) is 4.74 Å². The molecule has 1 aliphatic rings. The molecule has 2 aromatic rings. The van der Waals surface area contributed by atoms with Gasteiger partial charge in [0, 0.05) is 30.6 Å². The van der Waals surface area contributed by atoms with Gasteiger partial charge in [-0.15, -0.1) is 0 Å². The van der Waals surface area contributed by atoms with Crippen LogP contribution in [0.5, 0.6) is 0 Å². The maximum Gasteiger partial charge on any atom is 0.107 e. The van der Waals surface area contributed by atoms with Gasteiger partial charge in [0.1, 0.15) is 5.52 Å². The molecule has 3 rings (SSSR count). The van der Waals surface area contributed by atoms with Crippen molar-refractivity contribution in [1.29, 1.82) is 0 Å². The van der Waals surface area contributed by atoms with E-state index in [2.05, 4.69) is 15.0 Å². The van der Waals surface area contributed by atoms with Crippen LogP contribution in [0.4, 0.5) is 0 Å². The van der Waals surface area contributed by atoms with Crippen molar-refractivity contribution in [2.75, 3.05) is 13.2 Å². The first-order valence-electron chi connectivity index (χ1n) is 5.08. The lowest BCUT2D eigenvalue weighted by atomic mass is 10.0. The van der Waals surface area contributed by atoms with Gasteiger partial charge < -0.3 is 4.74 Å². The molecule has 3 heterocycles. The normalized spacial score (nSPS) is 20.9. The molecule has 0 bridgehead atoms.